The molecule has 0 atom stereocenters. The molecule has 4 nitrogen and oxygen atoms in total. The number of aliphatic carboxylic acids is 1. The first-order chi connectivity index (χ1) is 7.59. The second-order valence-electron chi connectivity index (χ2n) is 4.14. The van der Waals surface area contributed by atoms with Gasteiger partial charge in [-0.2, -0.15) is 0 Å². The Morgan fingerprint density at radius 1 is 1.50 bits per heavy atom. The molecule has 86 valence electrons. The fourth-order valence-corrected chi connectivity index (χ4v) is 2.12. The average Bonchev–Trinajstić information content (AvgIpc) is 2.60. The molecule has 0 unspecified atom stereocenters. The number of hydrogen-bond acceptors (Lipinski definition) is 3. The molecule has 0 radical (unpaired) electrons. The highest BCUT2D eigenvalue weighted by molar-refractivity contribution is 5.68. The summed E-state index contributed by atoms with van der Waals surface area (Å²) in [5.74, 6) is -0.555. The van der Waals surface area contributed by atoms with Gasteiger partial charge in [-0.25, -0.2) is 0 Å². The Balaban J connectivity index is 2.26. The van der Waals surface area contributed by atoms with Gasteiger partial charge in [-0.15, -0.1) is 0 Å². The number of fused-ring (bicyclic) bond motifs is 1. The highest BCUT2D eigenvalue weighted by Crippen LogP contribution is 2.36. The smallest absolute Gasteiger partial charge is 0.303 e. The largest absolute Gasteiger partial charge is 0.507 e. The molecule has 0 amide bonds. The van der Waals surface area contributed by atoms with E-state index in [0.29, 0.717) is 6.42 Å². The Morgan fingerprint density at radius 3 is 2.94 bits per heavy atom. The molecule has 1 aliphatic rings. The molecule has 2 rings (SSSR count). The Bertz CT molecular complexity index is 429. The predicted molar refractivity (Wildman–Crippen MR) is 61.0 cm³/mol. The summed E-state index contributed by atoms with van der Waals surface area (Å²) in [4.78, 5) is 12.6. The number of phenols is 1. The van der Waals surface area contributed by atoms with E-state index in [4.69, 9.17) is 5.11 Å². The van der Waals surface area contributed by atoms with Gasteiger partial charge in [0.2, 0.25) is 0 Å². The Kier molecular flexibility index (Phi) is 2.73. The fraction of sp³-hybridized carbons (Fsp3) is 0.417. The van der Waals surface area contributed by atoms with Crippen LogP contribution in [-0.2, 0) is 17.6 Å². The third-order valence-corrected chi connectivity index (χ3v) is 3.06. The van der Waals surface area contributed by atoms with E-state index in [-0.39, 0.29) is 12.2 Å². The predicted octanol–water partition coefficient (Wildman–Crippen LogP) is 1.40. The summed E-state index contributed by atoms with van der Waals surface area (Å²) in [6.07, 6.45) is 1.28. The van der Waals surface area contributed by atoms with Crippen LogP contribution in [0, 0.1) is 0 Å². The number of hydrogen-bond donors (Lipinski definition) is 2. The van der Waals surface area contributed by atoms with Crippen molar-refractivity contribution in [1.82, 2.24) is 0 Å². The summed E-state index contributed by atoms with van der Waals surface area (Å²) in [6, 6.07) is 3.78. The molecule has 0 saturated carbocycles. The van der Waals surface area contributed by atoms with Crippen molar-refractivity contribution in [3.8, 4) is 5.75 Å². The van der Waals surface area contributed by atoms with Gasteiger partial charge in [-0.05, 0) is 24.5 Å². The summed E-state index contributed by atoms with van der Waals surface area (Å²) in [6.45, 7) is 0.908. The van der Waals surface area contributed by atoms with Crippen molar-refractivity contribution in [3.05, 3.63) is 23.3 Å². The van der Waals surface area contributed by atoms with Gasteiger partial charge in [0.05, 0.1) is 0 Å². The van der Waals surface area contributed by atoms with Crippen molar-refractivity contribution in [1.29, 1.82) is 0 Å². The van der Waals surface area contributed by atoms with Crippen LogP contribution < -0.4 is 4.90 Å². The first-order valence-corrected chi connectivity index (χ1v) is 5.36. The van der Waals surface area contributed by atoms with Crippen LogP contribution in [0.4, 0.5) is 5.69 Å². The lowest BCUT2D eigenvalue weighted by Gasteiger charge is -2.13. The second-order valence-corrected chi connectivity index (χ2v) is 4.14. The molecular weight excluding hydrogens is 206 g/mol. The maximum absolute atomic E-state index is 10.5. The van der Waals surface area contributed by atoms with E-state index in [1.54, 1.807) is 0 Å². The van der Waals surface area contributed by atoms with E-state index >= 15 is 0 Å². The quantitative estimate of drug-likeness (QED) is 0.810. The number of carbonyl (C=O) groups is 1. The number of aryl methyl sites for hydroxylation is 1. The molecule has 0 aliphatic carbocycles. The molecule has 1 aliphatic heterocycles. The van der Waals surface area contributed by atoms with Gasteiger partial charge >= 0.3 is 5.97 Å². The summed E-state index contributed by atoms with van der Waals surface area (Å²) in [5.41, 5.74) is 2.73. The summed E-state index contributed by atoms with van der Waals surface area (Å²) in [5, 5.41) is 18.6. The van der Waals surface area contributed by atoms with Gasteiger partial charge in [-0.1, -0.05) is 6.07 Å². The normalized spacial score (nSPS) is 13.9. The average molecular weight is 221 g/mol. The molecule has 2 N–H and O–H groups in total. The molecular formula is C12H15NO3. The molecule has 0 bridgehead atoms. The van der Waals surface area contributed by atoms with Crippen molar-refractivity contribution in [2.75, 3.05) is 18.5 Å². The first-order valence-electron chi connectivity index (χ1n) is 5.36. The second kappa shape index (κ2) is 4.04. The zero-order valence-electron chi connectivity index (χ0n) is 9.23. The summed E-state index contributed by atoms with van der Waals surface area (Å²) >= 11 is 0. The molecule has 0 saturated heterocycles. The number of carboxylic acid groups (broad SMARTS) is 1. The summed E-state index contributed by atoms with van der Waals surface area (Å²) in [7, 11) is 1.99. The number of phenolic OH excluding ortho intramolecular Hbond substituents is 1. The number of anilines is 1. The van der Waals surface area contributed by atoms with Crippen LogP contribution >= 0.6 is 0 Å². The van der Waals surface area contributed by atoms with Gasteiger partial charge in [0.15, 0.2) is 0 Å². The van der Waals surface area contributed by atoms with E-state index in [9.17, 15) is 9.90 Å². The van der Waals surface area contributed by atoms with Crippen LogP contribution in [0.2, 0.25) is 0 Å². The fourth-order valence-electron chi connectivity index (χ4n) is 2.12. The molecule has 0 aromatic heterocycles. The van der Waals surface area contributed by atoms with Crippen LogP contribution in [-0.4, -0.2) is 29.8 Å². The topological polar surface area (TPSA) is 60.8 Å². The maximum atomic E-state index is 10.5. The van der Waals surface area contributed by atoms with Crippen molar-refractivity contribution in [2.45, 2.75) is 19.3 Å². The van der Waals surface area contributed by atoms with E-state index in [0.717, 1.165) is 29.8 Å². The Labute approximate surface area is 94.1 Å². The van der Waals surface area contributed by atoms with E-state index < -0.39 is 5.97 Å². The number of carboxylic acids is 1. The third kappa shape index (κ3) is 1.83. The van der Waals surface area contributed by atoms with Crippen LogP contribution in [0.15, 0.2) is 12.1 Å². The van der Waals surface area contributed by atoms with E-state index in [1.807, 2.05) is 19.2 Å². The monoisotopic (exact) mass is 221 g/mol. The van der Waals surface area contributed by atoms with Crippen LogP contribution in [0.25, 0.3) is 0 Å². The minimum absolute atomic E-state index is 0.0577. The van der Waals surface area contributed by atoms with Gasteiger partial charge in [0.25, 0.3) is 0 Å². The SMILES string of the molecule is CN1CCc2c1ccc(CCC(=O)O)c2O. The molecule has 0 spiro atoms. The third-order valence-electron chi connectivity index (χ3n) is 3.06. The highest BCUT2D eigenvalue weighted by Gasteiger charge is 2.20. The molecule has 4 heteroatoms. The lowest BCUT2D eigenvalue weighted by molar-refractivity contribution is -0.136. The van der Waals surface area contributed by atoms with Crippen LogP contribution in [0.1, 0.15) is 17.5 Å². The standard InChI is InChI=1S/C12H15NO3/c1-13-7-6-9-10(13)4-2-8(12(9)16)3-5-11(14)15/h2,4,16H,3,5-7H2,1H3,(H,14,15). The van der Waals surface area contributed by atoms with Crippen LogP contribution in [0.5, 0.6) is 5.75 Å². The zero-order valence-corrected chi connectivity index (χ0v) is 9.23. The molecule has 1 aromatic carbocycles. The number of rotatable bonds is 3. The van der Waals surface area contributed by atoms with Crippen LogP contribution in [0.3, 0.4) is 0 Å². The van der Waals surface area contributed by atoms with Crippen molar-refractivity contribution in [3.63, 3.8) is 0 Å². The Morgan fingerprint density at radius 2 is 2.25 bits per heavy atom. The van der Waals surface area contributed by atoms with Gasteiger partial charge < -0.3 is 15.1 Å². The molecule has 0 fully saturated rings. The lowest BCUT2D eigenvalue weighted by Crippen LogP contribution is -2.12. The number of likely N-dealkylation sites (N-methyl/N-ethyl adjacent to an activating group) is 1. The number of nitrogens with zero attached hydrogens (tertiary/aromatic N) is 1. The van der Waals surface area contributed by atoms with Gasteiger partial charge in [-0.3, -0.25) is 4.79 Å². The highest BCUT2D eigenvalue weighted by atomic mass is 16.4. The molecule has 1 aromatic rings. The van der Waals surface area contributed by atoms with Crippen molar-refractivity contribution >= 4 is 11.7 Å². The molecule has 1 heterocycles. The first kappa shape index (κ1) is 10.8. The Hall–Kier alpha value is -1.71. The minimum atomic E-state index is -0.836. The maximum Gasteiger partial charge on any atom is 0.303 e. The van der Waals surface area contributed by atoms with Crippen molar-refractivity contribution < 1.29 is 15.0 Å². The van der Waals surface area contributed by atoms with Gasteiger partial charge in [0.1, 0.15) is 5.75 Å². The lowest BCUT2D eigenvalue weighted by atomic mass is 10.0. The minimum Gasteiger partial charge on any atom is -0.507 e. The van der Waals surface area contributed by atoms with E-state index in [1.165, 1.54) is 0 Å². The van der Waals surface area contributed by atoms with E-state index in [2.05, 4.69) is 4.90 Å². The zero-order chi connectivity index (χ0) is 11.7. The summed E-state index contributed by atoms with van der Waals surface area (Å²) < 4.78 is 0. The number of aromatic hydroxyl groups is 1. The molecule has 16 heavy (non-hydrogen) atoms. The number of benzene rings is 1. The van der Waals surface area contributed by atoms with Gasteiger partial charge in [0, 0.05) is 31.3 Å². The van der Waals surface area contributed by atoms with Crippen molar-refractivity contribution in [2.24, 2.45) is 0 Å².